The molecule has 6 nitrogen and oxygen atoms in total. The summed E-state index contributed by atoms with van der Waals surface area (Å²) in [7, 11) is 0. The Morgan fingerprint density at radius 3 is 2.35 bits per heavy atom. The second-order valence-electron chi connectivity index (χ2n) is 4.93. The Labute approximate surface area is 161 Å². The summed E-state index contributed by atoms with van der Waals surface area (Å²) in [6.45, 7) is 1.18. The molecular formula is C15H10Cl3F2N3O3. The van der Waals surface area contributed by atoms with Crippen molar-refractivity contribution in [3.63, 3.8) is 0 Å². The summed E-state index contributed by atoms with van der Waals surface area (Å²) in [5.74, 6) is -4.08. The van der Waals surface area contributed by atoms with Crippen LogP contribution in [-0.2, 0) is 9.53 Å². The molecule has 138 valence electrons. The van der Waals surface area contributed by atoms with Crippen molar-refractivity contribution in [2.45, 2.75) is 13.0 Å². The van der Waals surface area contributed by atoms with Crippen LogP contribution in [0, 0.1) is 11.6 Å². The Morgan fingerprint density at radius 1 is 1.19 bits per heavy atom. The lowest BCUT2D eigenvalue weighted by Gasteiger charge is -2.15. The van der Waals surface area contributed by atoms with Crippen molar-refractivity contribution in [3.05, 3.63) is 50.7 Å². The molecule has 0 bridgehead atoms. The molecule has 1 aromatic heterocycles. The lowest BCUT2D eigenvalue weighted by Crippen LogP contribution is -2.31. The van der Waals surface area contributed by atoms with Crippen LogP contribution in [0.1, 0.15) is 17.4 Å². The molecule has 0 aliphatic heterocycles. The van der Waals surface area contributed by atoms with E-state index in [1.54, 1.807) is 0 Å². The zero-order valence-electron chi connectivity index (χ0n) is 12.9. The zero-order chi connectivity index (χ0) is 19.6. The number of rotatable bonds is 4. The molecule has 0 saturated carbocycles. The monoisotopic (exact) mass is 423 g/mol. The predicted molar refractivity (Wildman–Crippen MR) is 93.5 cm³/mol. The number of hydrogen-bond acceptors (Lipinski definition) is 5. The van der Waals surface area contributed by atoms with Gasteiger partial charge in [0, 0.05) is 0 Å². The Bertz CT molecular complexity index is 876. The molecule has 1 heterocycles. The van der Waals surface area contributed by atoms with Crippen LogP contribution in [0.5, 0.6) is 0 Å². The summed E-state index contributed by atoms with van der Waals surface area (Å²) in [5.41, 5.74) is 4.27. The van der Waals surface area contributed by atoms with Crippen molar-refractivity contribution in [1.82, 2.24) is 4.98 Å². The van der Waals surface area contributed by atoms with Gasteiger partial charge in [0.25, 0.3) is 5.91 Å². The van der Waals surface area contributed by atoms with Crippen molar-refractivity contribution in [3.8, 4) is 0 Å². The van der Waals surface area contributed by atoms with Gasteiger partial charge in [0.05, 0.1) is 10.7 Å². The van der Waals surface area contributed by atoms with Crippen LogP contribution in [0.25, 0.3) is 0 Å². The van der Waals surface area contributed by atoms with Gasteiger partial charge in [0.1, 0.15) is 22.3 Å². The number of carbonyl (C=O) groups is 2. The predicted octanol–water partition coefficient (Wildman–Crippen LogP) is 4.09. The van der Waals surface area contributed by atoms with E-state index in [2.05, 4.69) is 4.98 Å². The number of ether oxygens (including phenoxy) is 1. The SMILES string of the molecule is CC(OC(=O)c1nc(Cl)c(Cl)c(N)c1Cl)C(=O)Nc1c(F)cccc1F. The van der Waals surface area contributed by atoms with Gasteiger partial charge in [-0.2, -0.15) is 0 Å². The van der Waals surface area contributed by atoms with Gasteiger partial charge in [-0.05, 0) is 19.1 Å². The van der Waals surface area contributed by atoms with Gasteiger partial charge in [0.15, 0.2) is 17.0 Å². The first-order chi connectivity index (χ1) is 12.1. The number of nitrogens with two attached hydrogens (primary N) is 1. The van der Waals surface area contributed by atoms with E-state index >= 15 is 0 Å². The number of hydrogen-bond donors (Lipinski definition) is 2. The Kier molecular flexibility index (Phi) is 6.22. The van der Waals surface area contributed by atoms with Gasteiger partial charge in [0.2, 0.25) is 0 Å². The molecule has 11 heteroatoms. The minimum absolute atomic E-state index is 0.144. The topological polar surface area (TPSA) is 94.3 Å². The van der Waals surface area contributed by atoms with Crippen LogP contribution < -0.4 is 11.1 Å². The van der Waals surface area contributed by atoms with Gasteiger partial charge in [-0.15, -0.1) is 0 Å². The third-order valence-corrected chi connectivity index (χ3v) is 4.26. The number of carbonyl (C=O) groups excluding carboxylic acids is 2. The number of anilines is 2. The van der Waals surface area contributed by atoms with Crippen LogP contribution in [0.15, 0.2) is 18.2 Å². The average Bonchev–Trinajstić information content (AvgIpc) is 2.59. The molecule has 0 aliphatic carbocycles. The summed E-state index contributed by atoms with van der Waals surface area (Å²) in [4.78, 5) is 27.8. The highest BCUT2D eigenvalue weighted by atomic mass is 35.5. The highest BCUT2D eigenvalue weighted by molar-refractivity contribution is 6.46. The van der Waals surface area contributed by atoms with E-state index in [0.717, 1.165) is 18.2 Å². The molecule has 1 amide bonds. The van der Waals surface area contributed by atoms with E-state index in [0.29, 0.717) is 0 Å². The van der Waals surface area contributed by atoms with Gasteiger partial charge in [-0.1, -0.05) is 40.9 Å². The minimum atomic E-state index is -1.44. The van der Waals surface area contributed by atoms with Gasteiger partial charge in [-0.25, -0.2) is 18.6 Å². The summed E-state index contributed by atoms with van der Waals surface area (Å²) < 4.78 is 32.0. The fourth-order valence-electron chi connectivity index (χ4n) is 1.78. The number of pyridine rings is 1. The Morgan fingerprint density at radius 2 is 1.77 bits per heavy atom. The number of amides is 1. The maximum atomic E-state index is 13.6. The van der Waals surface area contributed by atoms with E-state index in [4.69, 9.17) is 45.3 Å². The van der Waals surface area contributed by atoms with E-state index in [1.165, 1.54) is 6.92 Å². The van der Waals surface area contributed by atoms with Crippen molar-refractivity contribution in [2.75, 3.05) is 11.1 Å². The van der Waals surface area contributed by atoms with E-state index in [1.807, 2.05) is 5.32 Å². The summed E-state index contributed by atoms with van der Waals surface area (Å²) >= 11 is 17.3. The number of nitrogen functional groups attached to an aromatic ring is 1. The molecule has 0 saturated heterocycles. The summed E-state index contributed by atoms with van der Waals surface area (Å²) in [6, 6.07) is 3.04. The number of nitrogens with zero attached hydrogens (tertiary/aromatic N) is 1. The van der Waals surface area contributed by atoms with Crippen LogP contribution in [-0.4, -0.2) is 23.0 Å². The average molecular weight is 425 g/mol. The smallest absolute Gasteiger partial charge is 0.359 e. The molecule has 26 heavy (non-hydrogen) atoms. The first kappa shape index (κ1) is 20.2. The van der Waals surface area contributed by atoms with Crippen LogP contribution in [0.3, 0.4) is 0 Å². The third kappa shape index (κ3) is 4.14. The molecule has 0 radical (unpaired) electrons. The van der Waals surface area contributed by atoms with Crippen molar-refractivity contribution >= 4 is 58.1 Å². The van der Waals surface area contributed by atoms with Crippen LogP contribution in [0.2, 0.25) is 15.2 Å². The lowest BCUT2D eigenvalue weighted by molar-refractivity contribution is -0.123. The number of benzene rings is 1. The Balaban J connectivity index is 2.16. The van der Waals surface area contributed by atoms with Gasteiger partial charge >= 0.3 is 5.97 Å². The molecule has 3 N–H and O–H groups in total. The molecule has 0 spiro atoms. The Hall–Kier alpha value is -2.16. The first-order valence-corrected chi connectivity index (χ1v) is 8.02. The number of esters is 1. The summed E-state index contributed by atoms with van der Waals surface area (Å²) in [6.07, 6.45) is -1.44. The quantitative estimate of drug-likeness (QED) is 0.569. The second-order valence-corrected chi connectivity index (χ2v) is 6.04. The van der Waals surface area contributed by atoms with Gasteiger partial charge < -0.3 is 15.8 Å². The standard InChI is InChI=1S/C15H10Cl3F2N3O3/c1-5(14(24)23-11-6(19)3-2-4-7(11)20)26-15(25)12-8(16)10(21)9(17)13(18)22-12/h2-5H,1H3,(H2,21,22)(H,23,24). The molecule has 1 aromatic carbocycles. The maximum Gasteiger partial charge on any atom is 0.359 e. The molecule has 0 fully saturated rings. The molecule has 0 aliphatic rings. The molecule has 1 unspecified atom stereocenters. The molecule has 2 rings (SSSR count). The normalized spacial score (nSPS) is 11.8. The van der Waals surface area contributed by atoms with Crippen molar-refractivity contribution in [2.24, 2.45) is 0 Å². The van der Waals surface area contributed by atoms with Gasteiger partial charge in [-0.3, -0.25) is 4.79 Å². The van der Waals surface area contributed by atoms with Crippen LogP contribution in [0.4, 0.5) is 20.2 Å². The first-order valence-electron chi connectivity index (χ1n) is 6.89. The molecule has 2 aromatic rings. The highest BCUT2D eigenvalue weighted by Crippen LogP contribution is 2.34. The largest absolute Gasteiger partial charge is 0.448 e. The molecular weight excluding hydrogens is 415 g/mol. The van der Waals surface area contributed by atoms with Crippen LogP contribution >= 0.6 is 34.8 Å². The maximum absolute atomic E-state index is 13.6. The minimum Gasteiger partial charge on any atom is -0.448 e. The number of halogens is 5. The zero-order valence-corrected chi connectivity index (χ0v) is 15.2. The fourth-order valence-corrected chi connectivity index (χ4v) is 2.36. The number of para-hydroxylation sites is 1. The van der Waals surface area contributed by atoms with E-state index in [-0.39, 0.29) is 20.9 Å². The summed E-state index contributed by atoms with van der Waals surface area (Å²) in [5, 5.41) is 1.25. The fraction of sp³-hybridized carbons (Fsp3) is 0.133. The lowest BCUT2D eigenvalue weighted by atomic mass is 10.2. The molecule has 1 atom stereocenters. The third-order valence-electron chi connectivity index (χ3n) is 3.13. The van der Waals surface area contributed by atoms with E-state index in [9.17, 15) is 18.4 Å². The van der Waals surface area contributed by atoms with Crippen molar-refractivity contribution < 1.29 is 23.1 Å². The highest BCUT2D eigenvalue weighted by Gasteiger charge is 2.26. The van der Waals surface area contributed by atoms with Crippen molar-refractivity contribution in [1.29, 1.82) is 0 Å². The second kappa shape index (κ2) is 8.03. The van der Waals surface area contributed by atoms with E-state index < -0.39 is 41.0 Å². The number of nitrogens with one attached hydrogen (secondary N) is 1. The number of aromatic nitrogens is 1.